The van der Waals surface area contributed by atoms with Gasteiger partial charge in [-0.1, -0.05) is 24.3 Å². The molecule has 0 aliphatic heterocycles. The van der Waals surface area contributed by atoms with Crippen LogP contribution in [0.25, 0.3) is 10.8 Å². The van der Waals surface area contributed by atoms with Crippen LogP contribution in [0.1, 0.15) is 11.3 Å². The Bertz CT molecular complexity index is 735. The lowest BCUT2D eigenvalue weighted by Crippen LogP contribution is -2.11. The summed E-state index contributed by atoms with van der Waals surface area (Å²) in [5.74, 6) is 0. The van der Waals surface area contributed by atoms with Crippen LogP contribution in [0.4, 0.5) is 0 Å². The molecule has 0 atom stereocenters. The highest BCUT2D eigenvalue weighted by atomic mass is 16.1. The maximum atomic E-state index is 11.7. The Morgan fingerprint density at radius 1 is 1.06 bits per heavy atom. The van der Waals surface area contributed by atoms with Crippen LogP contribution in [0.15, 0.2) is 53.6 Å². The van der Waals surface area contributed by atoms with Gasteiger partial charge in [-0.25, -0.2) is 5.10 Å². The molecule has 0 amide bonds. The van der Waals surface area contributed by atoms with Crippen molar-refractivity contribution < 1.29 is 0 Å². The zero-order valence-corrected chi connectivity index (χ0v) is 9.63. The van der Waals surface area contributed by atoms with Crippen LogP contribution in [0.2, 0.25) is 0 Å². The molecule has 2 aromatic heterocycles. The molecule has 0 aliphatic rings. The Balaban J connectivity index is 2.13. The number of pyridine rings is 1. The molecule has 3 rings (SSSR count). The van der Waals surface area contributed by atoms with E-state index < -0.39 is 0 Å². The summed E-state index contributed by atoms with van der Waals surface area (Å²) < 4.78 is 0. The van der Waals surface area contributed by atoms with Gasteiger partial charge in [-0.05, 0) is 17.7 Å². The average Bonchev–Trinajstić information content (AvgIpc) is 2.44. The molecule has 0 aliphatic carbocycles. The van der Waals surface area contributed by atoms with E-state index in [1.54, 1.807) is 6.20 Å². The largest absolute Gasteiger partial charge is 0.272 e. The van der Waals surface area contributed by atoms with E-state index in [0.29, 0.717) is 11.8 Å². The quantitative estimate of drug-likeness (QED) is 0.740. The van der Waals surface area contributed by atoms with Crippen molar-refractivity contribution in [3.05, 3.63) is 70.4 Å². The van der Waals surface area contributed by atoms with Crippen LogP contribution < -0.4 is 5.56 Å². The van der Waals surface area contributed by atoms with Crippen molar-refractivity contribution in [2.24, 2.45) is 0 Å². The van der Waals surface area contributed by atoms with Gasteiger partial charge in [0.05, 0.1) is 11.1 Å². The van der Waals surface area contributed by atoms with Gasteiger partial charge in [0.2, 0.25) is 0 Å². The highest BCUT2D eigenvalue weighted by Crippen LogP contribution is 2.15. The number of fused-ring (bicyclic) bond motifs is 1. The van der Waals surface area contributed by atoms with Crippen molar-refractivity contribution in [2.75, 3.05) is 0 Å². The van der Waals surface area contributed by atoms with E-state index in [2.05, 4.69) is 15.2 Å². The van der Waals surface area contributed by atoms with Crippen LogP contribution in [0.3, 0.4) is 0 Å². The average molecular weight is 237 g/mol. The minimum absolute atomic E-state index is 0.152. The van der Waals surface area contributed by atoms with E-state index in [1.165, 1.54) is 0 Å². The normalized spacial score (nSPS) is 10.7. The van der Waals surface area contributed by atoms with Crippen LogP contribution in [0, 0.1) is 0 Å². The summed E-state index contributed by atoms with van der Waals surface area (Å²) >= 11 is 0. The third-order valence-corrected chi connectivity index (χ3v) is 2.87. The van der Waals surface area contributed by atoms with Crippen LogP contribution in [-0.4, -0.2) is 15.2 Å². The van der Waals surface area contributed by atoms with Crippen molar-refractivity contribution in [3.63, 3.8) is 0 Å². The molecule has 0 bridgehead atoms. The summed E-state index contributed by atoms with van der Waals surface area (Å²) in [6.07, 6.45) is 4.20. The second kappa shape index (κ2) is 4.41. The summed E-state index contributed by atoms with van der Waals surface area (Å²) in [4.78, 5) is 15.7. The van der Waals surface area contributed by atoms with E-state index >= 15 is 0 Å². The molecule has 2 heterocycles. The van der Waals surface area contributed by atoms with Crippen LogP contribution >= 0.6 is 0 Å². The van der Waals surface area contributed by atoms with E-state index in [-0.39, 0.29) is 5.56 Å². The molecule has 0 saturated heterocycles. The van der Waals surface area contributed by atoms with E-state index in [9.17, 15) is 4.79 Å². The monoisotopic (exact) mass is 237 g/mol. The first-order chi connectivity index (χ1) is 8.84. The predicted molar refractivity (Wildman–Crippen MR) is 69.4 cm³/mol. The molecule has 1 aromatic carbocycles. The fourth-order valence-corrected chi connectivity index (χ4v) is 2.00. The molecule has 4 nitrogen and oxygen atoms in total. The van der Waals surface area contributed by atoms with E-state index in [0.717, 1.165) is 16.6 Å². The molecule has 18 heavy (non-hydrogen) atoms. The number of hydrogen-bond acceptors (Lipinski definition) is 3. The number of nitrogens with one attached hydrogen (secondary N) is 1. The second-order valence-corrected chi connectivity index (χ2v) is 4.08. The number of benzene rings is 1. The number of H-pyrrole nitrogens is 1. The maximum absolute atomic E-state index is 11.7. The number of hydrogen-bond donors (Lipinski definition) is 1. The Morgan fingerprint density at radius 3 is 2.67 bits per heavy atom. The van der Waals surface area contributed by atoms with Crippen LogP contribution in [0.5, 0.6) is 0 Å². The summed E-state index contributed by atoms with van der Waals surface area (Å²) in [6.45, 7) is 0. The highest BCUT2D eigenvalue weighted by Gasteiger charge is 2.06. The molecule has 0 spiro atoms. The van der Waals surface area contributed by atoms with Gasteiger partial charge in [-0.2, -0.15) is 5.10 Å². The lowest BCUT2D eigenvalue weighted by Gasteiger charge is -2.04. The van der Waals surface area contributed by atoms with E-state index in [4.69, 9.17) is 0 Å². The molecule has 0 unspecified atom stereocenters. The topological polar surface area (TPSA) is 58.6 Å². The van der Waals surface area contributed by atoms with Crippen molar-refractivity contribution in [3.8, 4) is 0 Å². The third kappa shape index (κ3) is 1.88. The summed E-state index contributed by atoms with van der Waals surface area (Å²) in [7, 11) is 0. The maximum Gasteiger partial charge on any atom is 0.272 e. The fourth-order valence-electron chi connectivity index (χ4n) is 2.00. The van der Waals surface area contributed by atoms with Crippen LogP contribution in [-0.2, 0) is 6.42 Å². The molecule has 1 N–H and O–H groups in total. The van der Waals surface area contributed by atoms with Gasteiger partial charge >= 0.3 is 0 Å². The Hall–Kier alpha value is -2.49. The number of aromatic nitrogens is 3. The third-order valence-electron chi connectivity index (χ3n) is 2.87. The van der Waals surface area contributed by atoms with Crippen molar-refractivity contribution in [2.45, 2.75) is 6.42 Å². The van der Waals surface area contributed by atoms with Crippen molar-refractivity contribution in [1.82, 2.24) is 15.2 Å². The SMILES string of the molecule is O=c1[nH]nc(Cc2cccnc2)c2ccccc12. The van der Waals surface area contributed by atoms with Gasteiger partial charge in [0.25, 0.3) is 5.56 Å². The Kier molecular flexibility index (Phi) is 2.61. The second-order valence-electron chi connectivity index (χ2n) is 4.08. The number of aromatic amines is 1. The number of rotatable bonds is 2. The molecular formula is C14H11N3O. The van der Waals surface area contributed by atoms with Gasteiger partial charge in [0, 0.05) is 24.2 Å². The van der Waals surface area contributed by atoms with Gasteiger partial charge in [0.1, 0.15) is 0 Å². The predicted octanol–water partition coefficient (Wildman–Crippen LogP) is 1.91. The summed E-state index contributed by atoms with van der Waals surface area (Å²) in [6, 6.07) is 11.4. The Morgan fingerprint density at radius 2 is 1.89 bits per heavy atom. The van der Waals surface area contributed by atoms with Crippen molar-refractivity contribution >= 4 is 10.8 Å². The minimum atomic E-state index is -0.152. The number of nitrogens with zero attached hydrogens (tertiary/aromatic N) is 2. The smallest absolute Gasteiger partial charge is 0.267 e. The minimum Gasteiger partial charge on any atom is -0.267 e. The molecule has 4 heteroatoms. The highest BCUT2D eigenvalue weighted by molar-refractivity contribution is 5.83. The Labute approximate surface area is 103 Å². The molecular weight excluding hydrogens is 226 g/mol. The lowest BCUT2D eigenvalue weighted by atomic mass is 10.1. The van der Waals surface area contributed by atoms with Gasteiger partial charge in [-0.3, -0.25) is 9.78 Å². The molecule has 3 aromatic rings. The van der Waals surface area contributed by atoms with Gasteiger partial charge in [0.15, 0.2) is 0 Å². The summed E-state index contributed by atoms with van der Waals surface area (Å²) in [5, 5.41) is 8.24. The molecule has 88 valence electrons. The first-order valence-electron chi connectivity index (χ1n) is 5.70. The van der Waals surface area contributed by atoms with Gasteiger partial charge < -0.3 is 0 Å². The standard InChI is InChI=1S/C14H11N3O/c18-14-12-6-2-1-5-11(12)13(16-17-14)8-10-4-3-7-15-9-10/h1-7,9H,8H2,(H,17,18). The zero-order chi connectivity index (χ0) is 12.4. The van der Waals surface area contributed by atoms with Gasteiger partial charge in [-0.15, -0.1) is 0 Å². The zero-order valence-electron chi connectivity index (χ0n) is 9.63. The lowest BCUT2D eigenvalue weighted by molar-refractivity contribution is 0.931. The molecule has 0 saturated carbocycles. The first kappa shape index (κ1) is 10.7. The fraction of sp³-hybridized carbons (Fsp3) is 0.0714. The summed E-state index contributed by atoms with van der Waals surface area (Å²) in [5.41, 5.74) is 1.78. The van der Waals surface area contributed by atoms with Crippen molar-refractivity contribution in [1.29, 1.82) is 0 Å². The molecule has 0 radical (unpaired) electrons. The van der Waals surface area contributed by atoms with E-state index in [1.807, 2.05) is 42.6 Å². The first-order valence-corrected chi connectivity index (χ1v) is 5.70. The molecule has 0 fully saturated rings.